The van der Waals surface area contributed by atoms with Crippen LogP contribution in [0.5, 0.6) is 0 Å². The van der Waals surface area contributed by atoms with Gasteiger partial charge in [0.05, 0.1) is 23.8 Å². The zero-order chi connectivity index (χ0) is 16.7. The molecule has 0 radical (unpaired) electrons. The largest absolute Gasteiger partial charge is 0.352 e. The number of aryl methyl sites for hydroxylation is 2. The van der Waals surface area contributed by atoms with Gasteiger partial charge in [-0.1, -0.05) is 0 Å². The Bertz CT molecular complexity index is 866. The molecule has 7 nitrogen and oxygen atoms in total. The van der Waals surface area contributed by atoms with Gasteiger partial charge in [-0.25, -0.2) is 23.9 Å². The molecule has 3 aromatic heterocycles. The third-order valence-electron chi connectivity index (χ3n) is 4.42. The fourth-order valence-electron chi connectivity index (χ4n) is 2.92. The second-order valence-corrected chi connectivity index (χ2v) is 5.92. The summed E-state index contributed by atoms with van der Waals surface area (Å²) >= 11 is 0. The van der Waals surface area contributed by atoms with E-state index in [1.165, 1.54) is 12.4 Å². The zero-order valence-corrected chi connectivity index (χ0v) is 13.6. The highest BCUT2D eigenvalue weighted by Gasteiger charge is 2.20. The number of hydrogen-bond acceptors (Lipinski definition) is 6. The SMILES string of the molecule is Cc1nc2ccc(N3CCN(c4ncc(F)cn4)CC3)nn2c1C. The minimum absolute atomic E-state index is 0.416. The van der Waals surface area contributed by atoms with Gasteiger partial charge in [0, 0.05) is 26.2 Å². The summed E-state index contributed by atoms with van der Waals surface area (Å²) < 4.78 is 14.8. The summed E-state index contributed by atoms with van der Waals surface area (Å²) in [6.45, 7) is 7.18. The number of rotatable bonds is 2. The minimum Gasteiger partial charge on any atom is -0.352 e. The topological polar surface area (TPSA) is 62.5 Å². The molecular formula is C16H18FN7. The van der Waals surface area contributed by atoms with Gasteiger partial charge in [-0.3, -0.25) is 0 Å². The van der Waals surface area contributed by atoms with Crippen molar-refractivity contribution in [2.75, 3.05) is 36.0 Å². The molecule has 1 fully saturated rings. The van der Waals surface area contributed by atoms with Crippen molar-refractivity contribution < 1.29 is 4.39 Å². The average Bonchev–Trinajstić information content (AvgIpc) is 2.90. The number of aromatic nitrogens is 5. The van der Waals surface area contributed by atoms with Crippen molar-refractivity contribution in [1.29, 1.82) is 0 Å². The molecule has 0 amide bonds. The highest BCUT2D eigenvalue weighted by Crippen LogP contribution is 2.18. The van der Waals surface area contributed by atoms with Crippen LogP contribution in [-0.4, -0.2) is 50.7 Å². The molecule has 3 aromatic rings. The number of nitrogens with zero attached hydrogens (tertiary/aromatic N) is 7. The molecular weight excluding hydrogens is 309 g/mol. The summed E-state index contributed by atoms with van der Waals surface area (Å²) in [7, 11) is 0. The fourth-order valence-corrected chi connectivity index (χ4v) is 2.92. The maximum Gasteiger partial charge on any atom is 0.225 e. The number of hydrogen-bond donors (Lipinski definition) is 0. The van der Waals surface area contributed by atoms with Crippen molar-refractivity contribution in [2.24, 2.45) is 0 Å². The van der Waals surface area contributed by atoms with Crippen molar-refractivity contribution >= 4 is 17.4 Å². The van der Waals surface area contributed by atoms with Crippen LogP contribution in [0.3, 0.4) is 0 Å². The third kappa shape index (κ3) is 2.53. The van der Waals surface area contributed by atoms with Gasteiger partial charge in [-0.05, 0) is 26.0 Å². The van der Waals surface area contributed by atoms with Crippen molar-refractivity contribution in [3.05, 3.63) is 41.7 Å². The molecule has 1 aliphatic heterocycles. The van der Waals surface area contributed by atoms with Crippen LogP contribution in [0.2, 0.25) is 0 Å². The van der Waals surface area contributed by atoms with Gasteiger partial charge in [0.15, 0.2) is 11.5 Å². The highest BCUT2D eigenvalue weighted by molar-refractivity contribution is 5.49. The van der Waals surface area contributed by atoms with Gasteiger partial charge in [-0.2, -0.15) is 0 Å². The lowest BCUT2D eigenvalue weighted by Gasteiger charge is -2.35. The summed E-state index contributed by atoms with van der Waals surface area (Å²) in [5.74, 6) is 1.09. The number of halogens is 1. The van der Waals surface area contributed by atoms with Crippen LogP contribution < -0.4 is 9.80 Å². The van der Waals surface area contributed by atoms with E-state index >= 15 is 0 Å². The molecule has 4 rings (SSSR count). The molecule has 24 heavy (non-hydrogen) atoms. The van der Waals surface area contributed by atoms with Gasteiger partial charge >= 0.3 is 0 Å². The lowest BCUT2D eigenvalue weighted by Crippen LogP contribution is -2.47. The summed E-state index contributed by atoms with van der Waals surface area (Å²) in [6.07, 6.45) is 2.41. The van der Waals surface area contributed by atoms with Crippen molar-refractivity contribution in [2.45, 2.75) is 13.8 Å². The quantitative estimate of drug-likeness (QED) is 0.712. The molecule has 0 N–H and O–H groups in total. The van der Waals surface area contributed by atoms with E-state index in [0.717, 1.165) is 49.0 Å². The molecule has 0 aromatic carbocycles. The molecule has 124 valence electrons. The molecule has 1 aliphatic rings. The Balaban J connectivity index is 1.51. The van der Waals surface area contributed by atoms with Crippen LogP contribution in [0.25, 0.3) is 5.65 Å². The summed E-state index contributed by atoms with van der Waals surface area (Å²) in [4.78, 5) is 16.9. The van der Waals surface area contributed by atoms with Gasteiger partial charge < -0.3 is 9.80 Å². The van der Waals surface area contributed by atoms with Gasteiger partial charge in [-0.15, -0.1) is 5.10 Å². The van der Waals surface area contributed by atoms with E-state index in [2.05, 4.69) is 24.8 Å². The Hall–Kier alpha value is -2.77. The lowest BCUT2D eigenvalue weighted by atomic mass is 10.3. The number of fused-ring (bicyclic) bond motifs is 1. The molecule has 8 heteroatoms. The van der Waals surface area contributed by atoms with Crippen molar-refractivity contribution in [3.8, 4) is 0 Å². The second-order valence-electron chi connectivity index (χ2n) is 5.92. The van der Waals surface area contributed by atoms with Crippen LogP contribution in [0, 0.1) is 19.7 Å². The standard InChI is InChI=1S/C16H18FN7/c1-11-12(2)24-14(20-11)3-4-15(21-24)22-5-7-23(8-6-22)16-18-9-13(17)10-19-16/h3-4,9-10H,5-8H2,1-2H3. The van der Waals surface area contributed by atoms with E-state index in [9.17, 15) is 4.39 Å². The molecule has 0 aliphatic carbocycles. The Morgan fingerprint density at radius 3 is 2.33 bits per heavy atom. The Labute approximate surface area is 138 Å². The first-order valence-corrected chi connectivity index (χ1v) is 7.92. The average molecular weight is 327 g/mol. The van der Waals surface area contributed by atoms with Crippen LogP contribution in [0.15, 0.2) is 24.5 Å². The maximum atomic E-state index is 12.9. The number of anilines is 2. The Kier molecular flexibility index (Phi) is 3.51. The molecule has 1 saturated heterocycles. The molecule has 0 bridgehead atoms. The predicted molar refractivity (Wildman–Crippen MR) is 88.9 cm³/mol. The van der Waals surface area contributed by atoms with Crippen LogP contribution in [0.4, 0.5) is 16.2 Å². The normalized spacial score (nSPS) is 15.3. The zero-order valence-electron chi connectivity index (χ0n) is 13.6. The third-order valence-corrected chi connectivity index (χ3v) is 4.42. The molecule has 0 spiro atoms. The van der Waals surface area contributed by atoms with Crippen LogP contribution >= 0.6 is 0 Å². The fraction of sp³-hybridized carbons (Fsp3) is 0.375. The molecule has 4 heterocycles. The summed E-state index contributed by atoms with van der Waals surface area (Å²) in [6, 6.07) is 4.00. The van der Waals surface area contributed by atoms with Gasteiger partial charge in [0.25, 0.3) is 0 Å². The van der Waals surface area contributed by atoms with Gasteiger partial charge in [0.2, 0.25) is 5.95 Å². The number of piperazine rings is 1. The van der Waals surface area contributed by atoms with E-state index in [1.54, 1.807) is 0 Å². The first-order valence-electron chi connectivity index (χ1n) is 7.92. The smallest absolute Gasteiger partial charge is 0.225 e. The van der Waals surface area contributed by atoms with Crippen molar-refractivity contribution in [3.63, 3.8) is 0 Å². The van der Waals surface area contributed by atoms with Crippen molar-refractivity contribution in [1.82, 2.24) is 24.6 Å². The minimum atomic E-state index is -0.416. The summed E-state index contributed by atoms with van der Waals surface area (Å²) in [5, 5.41) is 4.71. The summed E-state index contributed by atoms with van der Waals surface area (Å²) in [5.41, 5.74) is 2.93. The molecule has 0 atom stereocenters. The predicted octanol–water partition coefficient (Wildman–Crippen LogP) is 1.60. The lowest BCUT2D eigenvalue weighted by molar-refractivity contribution is 0.600. The van der Waals surface area contributed by atoms with Crippen LogP contribution in [-0.2, 0) is 0 Å². The van der Waals surface area contributed by atoms with E-state index in [1.807, 2.05) is 30.5 Å². The van der Waals surface area contributed by atoms with Crippen LogP contribution in [0.1, 0.15) is 11.4 Å². The Morgan fingerprint density at radius 2 is 1.62 bits per heavy atom. The van der Waals surface area contributed by atoms with Gasteiger partial charge in [0.1, 0.15) is 5.82 Å². The Morgan fingerprint density at radius 1 is 0.958 bits per heavy atom. The highest BCUT2D eigenvalue weighted by atomic mass is 19.1. The number of imidazole rings is 1. The maximum absolute atomic E-state index is 12.9. The first-order chi connectivity index (χ1) is 11.6. The monoisotopic (exact) mass is 327 g/mol. The second kappa shape index (κ2) is 5.70. The van der Waals surface area contributed by atoms with E-state index in [-0.39, 0.29) is 0 Å². The van der Waals surface area contributed by atoms with E-state index < -0.39 is 5.82 Å². The molecule has 0 saturated carbocycles. The van der Waals surface area contributed by atoms with E-state index in [4.69, 9.17) is 5.10 Å². The molecule has 0 unspecified atom stereocenters. The first kappa shape index (κ1) is 14.8. The van der Waals surface area contributed by atoms with E-state index in [0.29, 0.717) is 5.95 Å².